The van der Waals surface area contributed by atoms with Crippen LogP contribution >= 0.6 is 0 Å². The average molecular weight is 458 g/mol. The van der Waals surface area contributed by atoms with Crippen LogP contribution in [-0.2, 0) is 20.8 Å². The number of halogens is 1. The van der Waals surface area contributed by atoms with E-state index in [1.165, 1.54) is 18.2 Å². The monoisotopic (exact) mass is 458 g/mol. The third kappa shape index (κ3) is 3.31. The number of carboxylic acid groups (broad SMARTS) is 1. The van der Waals surface area contributed by atoms with Gasteiger partial charge in [-0.1, -0.05) is 66.2 Å². The molecule has 7 heteroatoms. The van der Waals surface area contributed by atoms with Gasteiger partial charge < -0.3 is 5.11 Å². The van der Waals surface area contributed by atoms with Gasteiger partial charge in [-0.05, 0) is 30.7 Å². The zero-order valence-corrected chi connectivity index (χ0v) is 18.4. The third-order valence-corrected chi connectivity index (χ3v) is 6.89. The Kier molecular flexibility index (Phi) is 5.29. The van der Waals surface area contributed by atoms with E-state index >= 15 is 0 Å². The third-order valence-electron chi connectivity index (χ3n) is 6.89. The van der Waals surface area contributed by atoms with Crippen molar-refractivity contribution in [1.29, 1.82) is 0 Å². The first-order chi connectivity index (χ1) is 16.3. The molecular formula is C27H23FN2O4. The van der Waals surface area contributed by atoms with Crippen LogP contribution in [0.2, 0.25) is 0 Å². The number of hydrogen-bond donors (Lipinski definition) is 2. The van der Waals surface area contributed by atoms with E-state index in [2.05, 4.69) is 5.32 Å². The largest absolute Gasteiger partial charge is 0.480 e. The lowest BCUT2D eigenvalue weighted by atomic mass is 9.76. The number of benzene rings is 3. The lowest BCUT2D eigenvalue weighted by molar-refractivity contribution is -0.148. The minimum atomic E-state index is -1.79. The molecule has 0 unspecified atom stereocenters. The van der Waals surface area contributed by atoms with E-state index in [1.54, 1.807) is 54.6 Å². The molecule has 2 saturated heterocycles. The molecule has 3 aromatic rings. The highest BCUT2D eigenvalue weighted by molar-refractivity contribution is 6.24. The zero-order chi connectivity index (χ0) is 24.0. The molecule has 0 aliphatic carbocycles. The SMILES string of the molecule is Cc1ccc(N2C(=O)[C@H]3[C@@H](C2=O)[C@](Cc2ccccc2)(C(=O)O)N[C@H]3c2ccccc2F)cc1. The fraction of sp³-hybridized carbons (Fsp3) is 0.222. The van der Waals surface area contributed by atoms with Gasteiger partial charge in [-0.25, -0.2) is 9.29 Å². The van der Waals surface area contributed by atoms with Gasteiger partial charge >= 0.3 is 5.97 Å². The van der Waals surface area contributed by atoms with Crippen LogP contribution in [0, 0.1) is 24.6 Å². The Hall–Kier alpha value is -3.84. The molecule has 5 rings (SSSR count). The van der Waals surface area contributed by atoms with Crippen molar-refractivity contribution in [2.24, 2.45) is 11.8 Å². The van der Waals surface area contributed by atoms with E-state index in [1.807, 2.05) is 13.0 Å². The number of aryl methyl sites for hydroxylation is 1. The number of hydrogen-bond acceptors (Lipinski definition) is 4. The van der Waals surface area contributed by atoms with Gasteiger partial charge in [-0.3, -0.25) is 19.7 Å². The summed E-state index contributed by atoms with van der Waals surface area (Å²) in [4.78, 5) is 41.3. The van der Waals surface area contributed by atoms with Crippen LogP contribution in [0.4, 0.5) is 10.1 Å². The summed E-state index contributed by atoms with van der Waals surface area (Å²) in [6.45, 7) is 1.89. The van der Waals surface area contributed by atoms with E-state index in [9.17, 15) is 23.9 Å². The number of imide groups is 1. The van der Waals surface area contributed by atoms with Gasteiger partial charge in [-0.2, -0.15) is 0 Å². The Bertz CT molecular complexity index is 1280. The van der Waals surface area contributed by atoms with Gasteiger partial charge in [0, 0.05) is 18.0 Å². The fourth-order valence-electron chi connectivity index (χ4n) is 5.30. The van der Waals surface area contributed by atoms with E-state index in [0.717, 1.165) is 10.5 Å². The smallest absolute Gasteiger partial charge is 0.325 e. The molecule has 4 atom stereocenters. The van der Waals surface area contributed by atoms with Crippen molar-refractivity contribution in [1.82, 2.24) is 5.32 Å². The van der Waals surface area contributed by atoms with Gasteiger partial charge in [-0.15, -0.1) is 0 Å². The summed E-state index contributed by atoms with van der Waals surface area (Å²) >= 11 is 0. The summed E-state index contributed by atoms with van der Waals surface area (Å²) in [5, 5.41) is 13.5. The van der Waals surface area contributed by atoms with Crippen LogP contribution in [0.25, 0.3) is 0 Å². The van der Waals surface area contributed by atoms with Crippen molar-refractivity contribution in [3.05, 3.63) is 101 Å². The van der Waals surface area contributed by atoms with Gasteiger partial charge in [0.25, 0.3) is 0 Å². The molecule has 0 spiro atoms. The summed E-state index contributed by atoms with van der Waals surface area (Å²) in [6, 6.07) is 20.8. The fourth-order valence-corrected chi connectivity index (χ4v) is 5.30. The number of carboxylic acids is 1. The van der Waals surface area contributed by atoms with Crippen molar-refractivity contribution in [3.8, 4) is 0 Å². The van der Waals surface area contributed by atoms with Gasteiger partial charge in [0.1, 0.15) is 11.4 Å². The van der Waals surface area contributed by atoms with Crippen LogP contribution < -0.4 is 10.2 Å². The first kappa shape index (κ1) is 22.0. The molecule has 0 bridgehead atoms. The Morgan fingerprint density at radius 3 is 2.26 bits per heavy atom. The average Bonchev–Trinajstić information content (AvgIpc) is 3.30. The van der Waals surface area contributed by atoms with Crippen molar-refractivity contribution in [2.75, 3.05) is 4.90 Å². The molecule has 2 aliphatic heterocycles. The number of amides is 2. The van der Waals surface area contributed by atoms with Crippen molar-refractivity contribution in [2.45, 2.75) is 24.9 Å². The Morgan fingerprint density at radius 2 is 1.62 bits per heavy atom. The highest BCUT2D eigenvalue weighted by Crippen LogP contribution is 2.51. The number of carbonyl (C=O) groups is 3. The Labute approximate surface area is 196 Å². The van der Waals surface area contributed by atoms with Gasteiger partial charge in [0.05, 0.1) is 17.5 Å². The van der Waals surface area contributed by atoms with Crippen LogP contribution in [-0.4, -0.2) is 28.4 Å². The molecule has 172 valence electrons. The topological polar surface area (TPSA) is 86.7 Å². The molecule has 6 nitrogen and oxygen atoms in total. The molecular weight excluding hydrogens is 435 g/mol. The molecule has 2 N–H and O–H groups in total. The van der Waals surface area contributed by atoms with Crippen molar-refractivity contribution >= 4 is 23.5 Å². The molecule has 0 radical (unpaired) electrons. The quantitative estimate of drug-likeness (QED) is 0.570. The first-order valence-corrected chi connectivity index (χ1v) is 11.1. The lowest BCUT2D eigenvalue weighted by Crippen LogP contribution is -2.57. The minimum Gasteiger partial charge on any atom is -0.480 e. The van der Waals surface area contributed by atoms with Crippen LogP contribution in [0.5, 0.6) is 0 Å². The van der Waals surface area contributed by atoms with Crippen LogP contribution in [0.15, 0.2) is 78.9 Å². The second kappa shape index (κ2) is 8.18. The number of nitrogens with zero attached hydrogens (tertiary/aromatic N) is 1. The normalized spacial score (nSPS) is 26.1. The van der Waals surface area contributed by atoms with Gasteiger partial charge in [0.2, 0.25) is 11.8 Å². The predicted molar refractivity (Wildman–Crippen MR) is 123 cm³/mol. The summed E-state index contributed by atoms with van der Waals surface area (Å²) in [7, 11) is 0. The van der Waals surface area contributed by atoms with Crippen LogP contribution in [0.1, 0.15) is 22.7 Å². The number of carbonyl (C=O) groups excluding carboxylic acids is 2. The highest BCUT2D eigenvalue weighted by Gasteiger charge is 2.68. The van der Waals surface area contributed by atoms with Crippen LogP contribution in [0.3, 0.4) is 0 Å². The van der Waals surface area contributed by atoms with E-state index in [0.29, 0.717) is 11.3 Å². The maximum Gasteiger partial charge on any atom is 0.325 e. The molecule has 2 amide bonds. The van der Waals surface area contributed by atoms with Gasteiger partial charge in [0.15, 0.2) is 0 Å². The summed E-state index contributed by atoms with van der Waals surface area (Å²) in [6.07, 6.45) is -0.0317. The van der Waals surface area contributed by atoms with E-state index in [-0.39, 0.29) is 12.0 Å². The molecule has 2 fully saturated rings. The second-order valence-corrected chi connectivity index (χ2v) is 8.93. The molecule has 3 aromatic carbocycles. The number of fused-ring (bicyclic) bond motifs is 1. The number of nitrogens with one attached hydrogen (secondary N) is 1. The zero-order valence-electron chi connectivity index (χ0n) is 18.4. The molecule has 0 aromatic heterocycles. The number of anilines is 1. The highest BCUT2D eigenvalue weighted by atomic mass is 19.1. The summed E-state index contributed by atoms with van der Waals surface area (Å²) < 4.78 is 14.9. The Balaban J connectivity index is 1.67. The maximum absolute atomic E-state index is 14.9. The van der Waals surface area contributed by atoms with Crippen molar-refractivity contribution in [3.63, 3.8) is 0 Å². The minimum absolute atomic E-state index is 0.0317. The van der Waals surface area contributed by atoms with E-state index < -0.39 is 47.0 Å². The van der Waals surface area contributed by atoms with Crippen molar-refractivity contribution < 1.29 is 23.9 Å². The predicted octanol–water partition coefficient (Wildman–Crippen LogP) is 3.65. The van der Waals surface area contributed by atoms with E-state index in [4.69, 9.17) is 0 Å². The summed E-state index contributed by atoms with van der Waals surface area (Å²) in [5.74, 6) is -5.21. The molecule has 34 heavy (non-hydrogen) atoms. The summed E-state index contributed by atoms with van der Waals surface area (Å²) in [5.41, 5.74) is 0.407. The number of rotatable bonds is 5. The maximum atomic E-state index is 14.9. The lowest BCUT2D eigenvalue weighted by Gasteiger charge is -2.31. The second-order valence-electron chi connectivity index (χ2n) is 8.93. The standard InChI is InChI=1S/C27H23FN2O4/c1-16-11-13-18(14-12-16)30-24(31)21-22(25(30)32)27(26(33)34,15-17-7-3-2-4-8-17)29-23(21)19-9-5-6-10-20(19)28/h2-14,21-23,29H,15H2,1H3,(H,33,34)/t21-,22-,23-,27+/m0/s1. The molecule has 0 saturated carbocycles. The Morgan fingerprint density at radius 1 is 0.971 bits per heavy atom. The number of aliphatic carboxylic acids is 1. The molecule has 2 aliphatic rings. The molecule has 2 heterocycles. The first-order valence-electron chi connectivity index (χ1n) is 11.1.